The summed E-state index contributed by atoms with van der Waals surface area (Å²) in [4.78, 5) is 2.46. The predicted octanol–water partition coefficient (Wildman–Crippen LogP) is 4.78. The molecule has 1 rings (SSSR count). The lowest BCUT2D eigenvalue weighted by Crippen LogP contribution is -2.36. The van der Waals surface area contributed by atoms with E-state index in [-0.39, 0.29) is 5.41 Å². The van der Waals surface area contributed by atoms with Gasteiger partial charge in [-0.1, -0.05) is 46.8 Å². The highest BCUT2D eigenvalue weighted by Crippen LogP contribution is 2.23. The van der Waals surface area contributed by atoms with Gasteiger partial charge in [0.05, 0.1) is 0 Å². The minimum Gasteiger partial charge on any atom is -0.360 e. The lowest BCUT2D eigenvalue weighted by molar-refractivity contribution is 0.293. The molecule has 0 radical (unpaired) electrons. The summed E-state index contributed by atoms with van der Waals surface area (Å²) in [6.45, 7) is 16.7. The highest BCUT2D eigenvalue weighted by Gasteiger charge is 2.13. The summed E-state index contributed by atoms with van der Waals surface area (Å²) in [6.07, 6.45) is 2.32. The molecule has 4 heteroatoms. The molecule has 0 saturated heterocycles. The molecule has 3 nitrogen and oxygen atoms in total. The summed E-state index contributed by atoms with van der Waals surface area (Å²) in [5.74, 6) is 0. The Balaban J connectivity index is 2.37. The van der Waals surface area contributed by atoms with Gasteiger partial charge < -0.3 is 15.5 Å². The molecule has 136 valence electrons. The molecule has 0 spiro atoms. The summed E-state index contributed by atoms with van der Waals surface area (Å²) < 4.78 is 0. The molecule has 0 aliphatic carbocycles. The van der Waals surface area contributed by atoms with Crippen LogP contribution in [-0.4, -0.2) is 35.7 Å². The molecule has 0 amide bonds. The molecule has 1 unspecified atom stereocenters. The van der Waals surface area contributed by atoms with Gasteiger partial charge in [0.2, 0.25) is 0 Å². The van der Waals surface area contributed by atoms with Crippen LogP contribution >= 0.6 is 12.2 Å². The molecule has 0 aromatic heterocycles. The van der Waals surface area contributed by atoms with E-state index in [0.29, 0.717) is 11.2 Å². The molecule has 0 aliphatic heterocycles. The van der Waals surface area contributed by atoms with Crippen LogP contribution in [-0.2, 0) is 5.41 Å². The normalized spacial score (nSPS) is 13.0. The van der Waals surface area contributed by atoms with Gasteiger partial charge in [0.1, 0.15) is 0 Å². The van der Waals surface area contributed by atoms with Crippen molar-refractivity contribution in [3.63, 3.8) is 0 Å². The molecule has 0 saturated carbocycles. The zero-order valence-electron chi connectivity index (χ0n) is 16.3. The monoisotopic (exact) mass is 349 g/mol. The van der Waals surface area contributed by atoms with E-state index in [4.69, 9.17) is 12.2 Å². The second-order valence-corrected chi connectivity index (χ2v) is 7.90. The third kappa shape index (κ3) is 7.63. The third-order valence-electron chi connectivity index (χ3n) is 4.39. The Morgan fingerprint density at radius 3 is 2.21 bits per heavy atom. The summed E-state index contributed by atoms with van der Waals surface area (Å²) >= 11 is 5.43. The van der Waals surface area contributed by atoms with Gasteiger partial charge in [-0.05, 0) is 74.7 Å². The number of nitrogens with zero attached hydrogens (tertiary/aromatic N) is 1. The highest BCUT2D eigenvalue weighted by atomic mass is 32.1. The number of hydrogen-bond donors (Lipinski definition) is 2. The third-order valence-corrected chi connectivity index (χ3v) is 4.61. The van der Waals surface area contributed by atoms with Crippen LogP contribution in [0.5, 0.6) is 0 Å². The van der Waals surface area contributed by atoms with Crippen molar-refractivity contribution in [3.8, 4) is 0 Å². The van der Waals surface area contributed by atoms with Crippen molar-refractivity contribution >= 4 is 23.0 Å². The summed E-state index contributed by atoms with van der Waals surface area (Å²) in [7, 11) is 0. The largest absolute Gasteiger partial charge is 0.360 e. The molecule has 2 N–H and O–H groups in total. The molecule has 0 bridgehead atoms. The lowest BCUT2D eigenvalue weighted by Gasteiger charge is -2.21. The lowest BCUT2D eigenvalue weighted by atomic mass is 9.87. The summed E-state index contributed by atoms with van der Waals surface area (Å²) in [5, 5.41) is 7.37. The van der Waals surface area contributed by atoms with Crippen LogP contribution in [0.15, 0.2) is 24.3 Å². The van der Waals surface area contributed by atoms with Crippen molar-refractivity contribution in [2.75, 3.05) is 25.0 Å². The Labute approximate surface area is 154 Å². The fourth-order valence-corrected chi connectivity index (χ4v) is 3.00. The minimum absolute atomic E-state index is 0.177. The fraction of sp³-hybridized carbons (Fsp3) is 0.650. The first-order valence-electron chi connectivity index (χ1n) is 9.16. The van der Waals surface area contributed by atoms with Gasteiger partial charge in [-0.2, -0.15) is 0 Å². The SMILES string of the molecule is CCN(CC)CCCC(C)NC(=S)Nc1ccc(C(C)(C)C)cc1. The molecule has 0 aliphatic rings. The highest BCUT2D eigenvalue weighted by molar-refractivity contribution is 7.80. The molecule has 1 aromatic carbocycles. The Bertz CT molecular complexity index is 487. The molecular formula is C20H35N3S. The molecule has 1 atom stereocenters. The van der Waals surface area contributed by atoms with Crippen LogP contribution < -0.4 is 10.6 Å². The van der Waals surface area contributed by atoms with Crippen molar-refractivity contribution in [1.29, 1.82) is 0 Å². The smallest absolute Gasteiger partial charge is 0.170 e. The fourth-order valence-electron chi connectivity index (χ4n) is 2.68. The van der Waals surface area contributed by atoms with E-state index in [1.54, 1.807) is 0 Å². The summed E-state index contributed by atoms with van der Waals surface area (Å²) in [5.41, 5.74) is 2.55. The van der Waals surface area contributed by atoms with Crippen LogP contribution in [0.1, 0.15) is 59.9 Å². The first kappa shape index (κ1) is 20.9. The molecule has 24 heavy (non-hydrogen) atoms. The van der Waals surface area contributed by atoms with Crippen LogP contribution in [0.4, 0.5) is 5.69 Å². The van der Waals surface area contributed by atoms with Gasteiger partial charge in [0, 0.05) is 11.7 Å². The standard InChI is InChI=1S/C20H35N3S/c1-7-23(8-2)15-9-10-16(3)21-19(24)22-18-13-11-17(12-14-18)20(4,5)6/h11-14,16H,7-10,15H2,1-6H3,(H2,21,22,24). The van der Waals surface area contributed by atoms with Crippen LogP contribution in [0, 0.1) is 0 Å². The number of rotatable bonds is 8. The van der Waals surface area contributed by atoms with Gasteiger partial charge >= 0.3 is 0 Å². The number of anilines is 1. The van der Waals surface area contributed by atoms with Crippen LogP contribution in [0.25, 0.3) is 0 Å². The Kier molecular flexibility index (Phi) is 8.71. The zero-order chi connectivity index (χ0) is 18.2. The maximum Gasteiger partial charge on any atom is 0.170 e. The van der Waals surface area contributed by atoms with E-state index < -0.39 is 0 Å². The summed E-state index contributed by atoms with van der Waals surface area (Å²) in [6, 6.07) is 8.91. The van der Waals surface area contributed by atoms with Crippen molar-refractivity contribution in [2.24, 2.45) is 0 Å². The van der Waals surface area contributed by atoms with Gasteiger partial charge in [0.25, 0.3) is 0 Å². The molecule has 1 aromatic rings. The van der Waals surface area contributed by atoms with E-state index in [0.717, 1.165) is 31.7 Å². The second kappa shape index (κ2) is 10.00. The van der Waals surface area contributed by atoms with E-state index in [1.807, 2.05) is 0 Å². The van der Waals surface area contributed by atoms with Gasteiger partial charge in [-0.25, -0.2) is 0 Å². The Morgan fingerprint density at radius 1 is 1.12 bits per heavy atom. The van der Waals surface area contributed by atoms with Crippen molar-refractivity contribution in [3.05, 3.63) is 29.8 Å². The zero-order valence-corrected chi connectivity index (χ0v) is 17.1. The van der Waals surface area contributed by atoms with Crippen molar-refractivity contribution < 1.29 is 0 Å². The average Bonchev–Trinajstić information content (AvgIpc) is 2.51. The number of nitrogens with one attached hydrogen (secondary N) is 2. The van der Waals surface area contributed by atoms with Crippen LogP contribution in [0.2, 0.25) is 0 Å². The van der Waals surface area contributed by atoms with Gasteiger partial charge in [-0.3, -0.25) is 0 Å². The number of hydrogen-bond acceptors (Lipinski definition) is 2. The van der Waals surface area contributed by atoms with Crippen molar-refractivity contribution in [1.82, 2.24) is 10.2 Å². The number of thiocarbonyl (C=S) groups is 1. The van der Waals surface area contributed by atoms with Gasteiger partial charge in [0.15, 0.2) is 5.11 Å². The van der Waals surface area contributed by atoms with Crippen LogP contribution in [0.3, 0.4) is 0 Å². The Morgan fingerprint density at radius 2 is 1.71 bits per heavy atom. The average molecular weight is 350 g/mol. The second-order valence-electron chi connectivity index (χ2n) is 7.50. The van der Waals surface area contributed by atoms with Gasteiger partial charge in [-0.15, -0.1) is 0 Å². The topological polar surface area (TPSA) is 27.3 Å². The van der Waals surface area contributed by atoms with E-state index in [2.05, 4.69) is 81.3 Å². The maximum absolute atomic E-state index is 5.43. The van der Waals surface area contributed by atoms with E-state index >= 15 is 0 Å². The molecule has 0 fully saturated rings. The molecule has 0 heterocycles. The minimum atomic E-state index is 0.177. The first-order chi connectivity index (χ1) is 11.3. The van der Waals surface area contributed by atoms with E-state index in [1.165, 1.54) is 12.0 Å². The quantitative estimate of drug-likeness (QED) is 0.660. The molecular weight excluding hydrogens is 314 g/mol. The number of benzene rings is 1. The predicted molar refractivity (Wildman–Crippen MR) is 111 cm³/mol. The van der Waals surface area contributed by atoms with Crippen molar-refractivity contribution in [2.45, 2.75) is 65.8 Å². The Hall–Kier alpha value is -1.13. The maximum atomic E-state index is 5.43. The first-order valence-corrected chi connectivity index (χ1v) is 9.57. The van der Waals surface area contributed by atoms with E-state index in [9.17, 15) is 0 Å².